The van der Waals surface area contributed by atoms with Crippen LogP contribution in [0.4, 0.5) is 0 Å². The Labute approximate surface area is 130 Å². The molecule has 1 aromatic rings. The fraction of sp³-hybridized carbons (Fsp3) is 0.722. The van der Waals surface area contributed by atoms with Gasteiger partial charge in [0.2, 0.25) is 0 Å². The second-order valence-electron chi connectivity index (χ2n) is 6.73. The molecule has 1 fully saturated rings. The van der Waals surface area contributed by atoms with Gasteiger partial charge >= 0.3 is 0 Å². The van der Waals surface area contributed by atoms with Crippen molar-refractivity contribution in [3.63, 3.8) is 0 Å². The van der Waals surface area contributed by atoms with Crippen LogP contribution in [0, 0.1) is 5.92 Å². The van der Waals surface area contributed by atoms with Crippen LogP contribution < -0.4 is 5.32 Å². The van der Waals surface area contributed by atoms with E-state index in [1.807, 2.05) is 6.20 Å². The molecule has 1 aliphatic heterocycles. The minimum atomic E-state index is 0.698. The Morgan fingerprint density at radius 2 is 1.81 bits per heavy atom. The molecule has 0 aromatic carbocycles. The molecule has 3 heteroatoms. The number of rotatable bonds is 6. The third-order valence-electron chi connectivity index (χ3n) is 4.10. The lowest BCUT2D eigenvalue weighted by Gasteiger charge is -2.24. The topological polar surface area (TPSA) is 28.2 Å². The van der Waals surface area contributed by atoms with Crippen LogP contribution >= 0.6 is 0 Å². The molecule has 0 radical (unpaired) electrons. The minimum absolute atomic E-state index is 0.698. The molecule has 1 aliphatic rings. The van der Waals surface area contributed by atoms with Crippen molar-refractivity contribution in [1.82, 2.24) is 15.2 Å². The SMILES string of the molecule is CC(C)CNCc1ccc(CN2CCCCCCC2)nc1. The van der Waals surface area contributed by atoms with Crippen molar-refractivity contribution in [1.29, 1.82) is 0 Å². The van der Waals surface area contributed by atoms with E-state index in [0.717, 1.165) is 19.6 Å². The standard InChI is InChI=1S/C18H31N3/c1-16(2)12-19-13-17-8-9-18(20-14-17)15-21-10-6-4-3-5-7-11-21/h8-9,14,16,19H,3-7,10-13,15H2,1-2H3. The predicted molar refractivity (Wildman–Crippen MR) is 89.1 cm³/mol. The third kappa shape index (κ3) is 6.58. The number of hydrogen-bond donors (Lipinski definition) is 1. The van der Waals surface area contributed by atoms with E-state index in [2.05, 4.69) is 41.2 Å². The lowest BCUT2D eigenvalue weighted by Crippen LogP contribution is -2.27. The van der Waals surface area contributed by atoms with Crippen molar-refractivity contribution in [2.24, 2.45) is 5.92 Å². The largest absolute Gasteiger partial charge is 0.312 e. The summed E-state index contributed by atoms with van der Waals surface area (Å²) in [4.78, 5) is 7.21. The molecule has 0 amide bonds. The number of aromatic nitrogens is 1. The summed E-state index contributed by atoms with van der Waals surface area (Å²) in [6.45, 7) is 9.94. The molecule has 0 spiro atoms. The fourth-order valence-corrected chi connectivity index (χ4v) is 2.86. The van der Waals surface area contributed by atoms with Crippen molar-refractivity contribution in [3.8, 4) is 0 Å². The van der Waals surface area contributed by atoms with Crippen LogP contribution in [-0.2, 0) is 13.1 Å². The van der Waals surface area contributed by atoms with Crippen molar-refractivity contribution in [2.45, 2.75) is 59.0 Å². The van der Waals surface area contributed by atoms with E-state index in [-0.39, 0.29) is 0 Å². The van der Waals surface area contributed by atoms with Crippen LogP contribution in [-0.4, -0.2) is 29.5 Å². The number of hydrogen-bond acceptors (Lipinski definition) is 3. The van der Waals surface area contributed by atoms with Gasteiger partial charge in [-0.2, -0.15) is 0 Å². The Morgan fingerprint density at radius 1 is 1.10 bits per heavy atom. The van der Waals surface area contributed by atoms with E-state index >= 15 is 0 Å². The van der Waals surface area contributed by atoms with Gasteiger partial charge in [-0.25, -0.2) is 0 Å². The van der Waals surface area contributed by atoms with Crippen molar-refractivity contribution < 1.29 is 0 Å². The first-order valence-corrected chi connectivity index (χ1v) is 8.61. The first kappa shape index (κ1) is 16.4. The lowest BCUT2D eigenvalue weighted by atomic mass is 10.1. The number of nitrogens with one attached hydrogen (secondary N) is 1. The Kier molecular flexibility index (Phi) is 7.17. The Balaban J connectivity index is 1.78. The average Bonchev–Trinajstić information content (AvgIpc) is 2.43. The van der Waals surface area contributed by atoms with E-state index < -0.39 is 0 Å². The highest BCUT2D eigenvalue weighted by molar-refractivity contribution is 5.14. The molecule has 1 N–H and O–H groups in total. The molecule has 1 saturated heterocycles. The molecule has 0 bridgehead atoms. The zero-order chi connectivity index (χ0) is 14.9. The second kappa shape index (κ2) is 9.16. The van der Waals surface area contributed by atoms with Crippen molar-refractivity contribution in [2.75, 3.05) is 19.6 Å². The van der Waals surface area contributed by atoms with E-state index in [0.29, 0.717) is 5.92 Å². The highest BCUT2D eigenvalue weighted by atomic mass is 15.1. The molecule has 1 aromatic heterocycles. The maximum Gasteiger partial charge on any atom is 0.0544 e. The van der Waals surface area contributed by atoms with Crippen LogP contribution in [0.25, 0.3) is 0 Å². The highest BCUT2D eigenvalue weighted by Crippen LogP contribution is 2.13. The summed E-state index contributed by atoms with van der Waals surface area (Å²) >= 11 is 0. The van der Waals surface area contributed by atoms with Gasteiger partial charge in [-0.1, -0.05) is 39.2 Å². The van der Waals surface area contributed by atoms with E-state index in [1.54, 1.807) is 0 Å². The monoisotopic (exact) mass is 289 g/mol. The molecule has 0 unspecified atom stereocenters. The third-order valence-corrected chi connectivity index (χ3v) is 4.10. The maximum absolute atomic E-state index is 4.64. The van der Waals surface area contributed by atoms with Crippen LogP contribution in [0.1, 0.15) is 57.2 Å². The van der Waals surface area contributed by atoms with Crippen LogP contribution in [0.5, 0.6) is 0 Å². The Hall–Kier alpha value is -0.930. The lowest BCUT2D eigenvalue weighted by molar-refractivity contribution is 0.237. The van der Waals surface area contributed by atoms with Gasteiger partial charge in [-0.05, 0) is 50.0 Å². The van der Waals surface area contributed by atoms with Gasteiger partial charge in [-0.3, -0.25) is 9.88 Å². The molecule has 2 heterocycles. The quantitative estimate of drug-likeness (QED) is 0.867. The number of nitrogens with zero attached hydrogens (tertiary/aromatic N) is 2. The van der Waals surface area contributed by atoms with Gasteiger partial charge in [0.05, 0.1) is 5.69 Å². The maximum atomic E-state index is 4.64. The Bertz CT molecular complexity index is 378. The summed E-state index contributed by atoms with van der Waals surface area (Å²) in [6.07, 6.45) is 8.93. The molecule has 3 nitrogen and oxygen atoms in total. The predicted octanol–water partition coefficient (Wildman–Crippen LogP) is 3.59. The van der Waals surface area contributed by atoms with E-state index in [9.17, 15) is 0 Å². The molecule has 0 aliphatic carbocycles. The highest BCUT2D eigenvalue weighted by Gasteiger charge is 2.09. The molecule has 0 saturated carbocycles. The van der Waals surface area contributed by atoms with Gasteiger partial charge < -0.3 is 5.32 Å². The Morgan fingerprint density at radius 3 is 2.43 bits per heavy atom. The second-order valence-corrected chi connectivity index (χ2v) is 6.73. The molecule has 2 rings (SSSR count). The minimum Gasteiger partial charge on any atom is -0.312 e. The molecule has 118 valence electrons. The van der Waals surface area contributed by atoms with Crippen molar-refractivity contribution >= 4 is 0 Å². The van der Waals surface area contributed by atoms with Crippen LogP contribution in [0.2, 0.25) is 0 Å². The summed E-state index contributed by atoms with van der Waals surface area (Å²) in [5, 5.41) is 3.47. The summed E-state index contributed by atoms with van der Waals surface area (Å²) in [5.41, 5.74) is 2.50. The van der Waals surface area contributed by atoms with Crippen LogP contribution in [0.15, 0.2) is 18.3 Å². The fourth-order valence-electron chi connectivity index (χ4n) is 2.86. The first-order chi connectivity index (χ1) is 10.2. The van der Waals surface area contributed by atoms with E-state index in [1.165, 1.54) is 56.5 Å². The number of pyridine rings is 1. The van der Waals surface area contributed by atoms with Gasteiger partial charge in [0.25, 0.3) is 0 Å². The smallest absolute Gasteiger partial charge is 0.0544 e. The zero-order valence-corrected chi connectivity index (χ0v) is 13.8. The van der Waals surface area contributed by atoms with Gasteiger partial charge in [-0.15, -0.1) is 0 Å². The molecular formula is C18H31N3. The molecule has 0 atom stereocenters. The molecule has 21 heavy (non-hydrogen) atoms. The summed E-state index contributed by atoms with van der Waals surface area (Å²) < 4.78 is 0. The van der Waals surface area contributed by atoms with Gasteiger partial charge in [0.15, 0.2) is 0 Å². The van der Waals surface area contributed by atoms with Crippen LogP contribution in [0.3, 0.4) is 0 Å². The summed E-state index contributed by atoms with van der Waals surface area (Å²) in [6, 6.07) is 4.42. The molecular weight excluding hydrogens is 258 g/mol. The number of likely N-dealkylation sites (tertiary alicyclic amines) is 1. The van der Waals surface area contributed by atoms with Crippen molar-refractivity contribution in [3.05, 3.63) is 29.6 Å². The first-order valence-electron chi connectivity index (χ1n) is 8.61. The van der Waals surface area contributed by atoms with E-state index in [4.69, 9.17) is 0 Å². The van der Waals surface area contributed by atoms with Gasteiger partial charge in [0, 0.05) is 19.3 Å². The average molecular weight is 289 g/mol. The summed E-state index contributed by atoms with van der Waals surface area (Å²) in [5.74, 6) is 0.698. The van der Waals surface area contributed by atoms with Gasteiger partial charge in [0.1, 0.15) is 0 Å². The normalized spacial score (nSPS) is 17.7. The summed E-state index contributed by atoms with van der Waals surface area (Å²) in [7, 11) is 0. The zero-order valence-electron chi connectivity index (χ0n) is 13.8.